The molecule has 0 amide bonds. The molecule has 0 radical (unpaired) electrons. The van der Waals surface area contributed by atoms with Gasteiger partial charge in [-0.15, -0.1) is 21.6 Å². The van der Waals surface area contributed by atoms with Crippen molar-refractivity contribution in [1.82, 2.24) is 0 Å². The molecule has 0 aliphatic heterocycles. The van der Waals surface area contributed by atoms with E-state index in [0.717, 1.165) is 32.5 Å². The Labute approximate surface area is 195 Å². The minimum Gasteiger partial charge on any atom is -0.353 e. The van der Waals surface area contributed by atoms with Crippen LogP contribution in [0.4, 0.5) is 0 Å². The summed E-state index contributed by atoms with van der Waals surface area (Å²) >= 11 is 0. The van der Waals surface area contributed by atoms with Crippen LogP contribution in [0, 0.1) is 20.8 Å². The van der Waals surface area contributed by atoms with Gasteiger partial charge in [-0.05, 0) is 86.9 Å². The number of hydrogen-bond acceptors (Lipinski definition) is 2. The highest BCUT2D eigenvalue weighted by atomic mass is 35.5. The molecule has 0 bridgehead atoms. The van der Waals surface area contributed by atoms with E-state index in [4.69, 9.17) is 9.47 Å². The minimum absolute atomic E-state index is 0. The monoisotopic (exact) mass is 458 g/mol. The third-order valence-corrected chi connectivity index (χ3v) is 6.71. The maximum Gasteiger partial charge on any atom is 0.157 e. The lowest BCUT2D eigenvalue weighted by Crippen LogP contribution is -2.18. The first-order valence-corrected chi connectivity index (χ1v) is 12.7. The molecule has 1 aromatic rings. The number of halogens is 1. The van der Waals surface area contributed by atoms with Gasteiger partial charge in [-0.1, -0.05) is 58.4 Å². The second-order valence-electron chi connectivity index (χ2n) is 8.54. The molecule has 0 heterocycles. The Hall–Kier alpha value is -0.140. The van der Waals surface area contributed by atoms with E-state index in [1.807, 2.05) is 0 Å². The number of unbranched alkanes of at least 4 members (excludes halogenated alkanes) is 7. The summed E-state index contributed by atoms with van der Waals surface area (Å²) in [4.78, 5) is 0. The second-order valence-corrected chi connectivity index (χ2v) is 9.16. The molecule has 4 heteroatoms. The first-order valence-electron chi connectivity index (χ1n) is 12.1. The number of rotatable bonds is 17. The van der Waals surface area contributed by atoms with Crippen molar-refractivity contribution in [2.75, 3.05) is 13.2 Å². The average molecular weight is 459 g/mol. The van der Waals surface area contributed by atoms with Gasteiger partial charge in [0.25, 0.3) is 0 Å². The number of aryl methyl sites for hydroxylation is 1. The fourth-order valence-electron chi connectivity index (χ4n) is 3.67. The van der Waals surface area contributed by atoms with E-state index in [1.54, 1.807) is 0 Å². The molecule has 176 valence electrons. The van der Waals surface area contributed by atoms with Crippen LogP contribution >= 0.6 is 21.6 Å². The van der Waals surface area contributed by atoms with Crippen molar-refractivity contribution in [3.05, 3.63) is 28.3 Å². The highest BCUT2D eigenvalue weighted by molar-refractivity contribution is 7.27. The van der Waals surface area contributed by atoms with Gasteiger partial charge in [0, 0.05) is 13.2 Å². The molecule has 30 heavy (non-hydrogen) atoms. The Kier molecular flexibility index (Phi) is 18.3. The lowest BCUT2D eigenvalue weighted by atomic mass is 9.95. The summed E-state index contributed by atoms with van der Waals surface area (Å²) in [6.07, 6.45) is 14.7. The smallest absolute Gasteiger partial charge is 0.157 e. The van der Waals surface area contributed by atoms with Gasteiger partial charge in [-0.25, -0.2) is 0 Å². The third-order valence-electron chi connectivity index (χ3n) is 6.11. The van der Waals surface area contributed by atoms with E-state index in [0.29, 0.717) is 0 Å². The maximum atomic E-state index is 5.94. The van der Waals surface area contributed by atoms with E-state index in [9.17, 15) is 0 Å². The van der Waals surface area contributed by atoms with Gasteiger partial charge >= 0.3 is 0 Å². The highest BCUT2D eigenvalue weighted by Gasteiger charge is 2.09. The maximum absolute atomic E-state index is 5.94. The Morgan fingerprint density at radius 1 is 0.733 bits per heavy atom. The van der Waals surface area contributed by atoms with Crippen LogP contribution in [-0.4, -0.2) is 19.5 Å². The van der Waals surface area contributed by atoms with Crippen LogP contribution in [0.2, 0.25) is 0 Å². The highest BCUT2D eigenvalue weighted by Crippen LogP contribution is 2.20. The van der Waals surface area contributed by atoms with Crippen LogP contribution in [0.3, 0.4) is 0 Å². The van der Waals surface area contributed by atoms with Crippen molar-refractivity contribution in [1.29, 1.82) is 0 Å². The van der Waals surface area contributed by atoms with E-state index >= 15 is 0 Å². The van der Waals surface area contributed by atoms with Crippen molar-refractivity contribution >= 4 is 27.0 Å². The Morgan fingerprint density at radius 3 is 1.83 bits per heavy atom. The number of ether oxygens (including phenoxy) is 2. The zero-order valence-electron chi connectivity index (χ0n) is 20.4. The van der Waals surface area contributed by atoms with Gasteiger partial charge in [0.05, 0.1) is 0 Å². The molecule has 2 nitrogen and oxygen atoms in total. The fourth-order valence-corrected chi connectivity index (χ4v) is 4.09. The molecule has 1 aromatic carbocycles. The minimum atomic E-state index is 0. The molecule has 1 atom stereocenters. The van der Waals surface area contributed by atoms with E-state index in [1.165, 1.54) is 85.3 Å². The van der Waals surface area contributed by atoms with Gasteiger partial charge in [-0.2, -0.15) is 0 Å². The lowest BCUT2D eigenvalue weighted by molar-refractivity contribution is -0.147. The summed E-state index contributed by atoms with van der Waals surface area (Å²) in [5.74, 6) is 0. The van der Waals surface area contributed by atoms with Crippen LogP contribution < -0.4 is 5.30 Å². The molecule has 0 saturated heterocycles. The topological polar surface area (TPSA) is 18.5 Å². The van der Waals surface area contributed by atoms with Gasteiger partial charge in [0.2, 0.25) is 0 Å². The Bertz CT molecular complexity index is 552. The SMILES string of the molecule is CCCCOC(CCCCCCCCc1cc(P)c(C)c(C)c1C)OCCCC.Cl. The van der Waals surface area contributed by atoms with Crippen LogP contribution in [0.25, 0.3) is 0 Å². The summed E-state index contributed by atoms with van der Waals surface area (Å²) in [5.41, 5.74) is 5.91. The predicted octanol–water partition coefficient (Wildman–Crippen LogP) is 7.77. The summed E-state index contributed by atoms with van der Waals surface area (Å²) in [6, 6.07) is 2.37. The first kappa shape index (κ1) is 29.9. The number of hydrogen-bond donors (Lipinski definition) is 0. The van der Waals surface area contributed by atoms with Crippen molar-refractivity contribution in [2.24, 2.45) is 0 Å². The molecule has 0 fully saturated rings. The normalized spacial score (nSPS) is 11.2. The quantitative estimate of drug-likeness (QED) is 0.135. The van der Waals surface area contributed by atoms with Gasteiger partial charge in [0.15, 0.2) is 6.29 Å². The fraction of sp³-hybridized carbons (Fsp3) is 0.769. The molecule has 0 aliphatic rings. The summed E-state index contributed by atoms with van der Waals surface area (Å²) in [7, 11) is 2.90. The average Bonchev–Trinajstić information content (AvgIpc) is 2.71. The van der Waals surface area contributed by atoms with Crippen molar-refractivity contribution in [3.8, 4) is 0 Å². The Balaban J connectivity index is 0.00000841. The molecule has 1 rings (SSSR count). The molecule has 0 aromatic heterocycles. The van der Waals surface area contributed by atoms with Gasteiger partial charge in [-0.3, -0.25) is 0 Å². The van der Waals surface area contributed by atoms with E-state index in [-0.39, 0.29) is 18.7 Å². The van der Waals surface area contributed by atoms with Gasteiger partial charge in [0.1, 0.15) is 0 Å². The molecule has 0 spiro atoms. The molecule has 0 saturated carbocycles. The Morgan fingerprint density at radius 2 is 1.27 bits per heavy atom. The standard InChI is InChI=1S/C26H47O2P.ClH/c1-6-8-18-27-26(28-19-9-7-2)17-15-13-11-10-12-14-16-24-20-25(29)23(5)21(3)22(24)4;/h20,26H,6-19,29H2,1-5H3;1H. The van der Waals surface area contributed by atoms with Gasteiger partial charge < -0.3 is 9.47 Å². The molecule has 0 aliphatic carbocycles. The first-order chi connectivity index (χ1) is 14.0. The predicted molar refractivity (Wildman–Crippen MR) is 139 cm³/mol. The van der Waals surface area contributed by atoms with Crippen LogP contribution in [0.15, 0.2) is 6.07 Å². The van der Waals surface area contributed by atoms with Crippen LogP contribution in [-0.2, 0) is 15.9 Å². The van der Waals surface area contributed by atoms with Crippen molar-refractivity contribution in [2.45, 2.75) is 118 Å². The molecule has 0 N–H and O–H groups in total. The van der Waals surface area contributed by atoms with Crippen LogP contribution in [0.1, 0.15) is 107 Å². The van der Waals surface area contributed by atoms with Crippen LogP contribution in [0.5, 0.6) is 0 Å². The van der Waals surface area contributed by atoms with Crippen molar-refractivity contribution < 1.29 is 9.47 Å². The zero-order valence-corrected chi connectivity index (χ0v) is 22.3. The summed E-state index contributed by atoms with van der Waals surface area (Å²) < 4.78 is 11.9. The molecule has 1 unspecified atom stereocenters. The summed E-state index contributed by atoms with van der Waals surface area (Å²) in [5, 5.41) is 1.36. The third kappa shape index (κ3) is 12.0. The summed E-state index contributed by atoms with van der Waals surface area (Å²) in [6.45, 7) is 12.8. The molecular formula is C26H48ClO2P. The van der Waals surface area contributed by atoms with Crippen molar-refractivity contribution in [3.63, 3.8) is 0 Å². The molecular weight excluding hydrogens is 411 g/mol. The largest absolute Gasteiger partial charge is 0.353 e. The zero-order chi connectivity index (χ0) is 21.5. The number of benzene rings is 1. The van der Waals surface area contributed by atoms with E-state index in [2.05, 4.69) is 49.9 Å². The lowest BCUT2D eigenvalue weighted by Gasteiger charge is -2.18. The van der Waals surface area contributed by atoms with E-state index < -0.39 is 0 Å². The second kappa shape index (κ2) is 18.4.